The van der Waals surface area contributed by atoms with E-state index in [1.54, 1.807) is 0 Å². The minimum Gasteiger partial charge on any atom is -0.309 e. The molecule has 1 N–H and O–H groups in total. The Morgan fingerprint density at radius 3 is 0.717 bits per heavy atom. The lowest BCUT2D eigenvalue weighted by Gasteiger charge is -2.40. The third-order valence-corrected chi connectivity index (χ3v) is 20.7. The van der Waals surface area contributed by atoms with E-state index in [0.29, 0.717) is 43.9 Å². The highest BCUT2D eigenvalue weighted by atomic mass is 15.2. The summed E-state index contributed by atoms with van der Waals surface area (Å²) in [6, 6.07) is 0.779. The van der Waals surface area contributed by atoms with Crippen LogP contribution in [0.3, 0.4) is 0 Å². The van der Waals surface area contributed by atoms with Crippen LogP contribution < -0.4 is 5.32 Å². The molecule has 6 nitrogen and oxygen atoms in total. The van der Waals surface area contributed by atoms with E-state index in [9.17, 15) is 0 Å². The maximum absolute atomic E-state index is 3.68. The minimum absolute atomic E-state index is 0.297. The standard InChI is InChI=1S/2C11H23N.2C11H22.2C10H21N.2C9H19N.2C2H6/c1-11(2,3)9-10-5-7-12(4)8-6-10;1-9-5-7-10(8-6-9)12-11(2,3)4;2*1-11(2,3)9-10-7-5-4-6-8-10;2*1-9-5-7-11(8-6-9)10(2,3)4;2*1-9(2,3)10-7-5-4-6-8-10;2*1-2/h10H,5-9H2,1-4H3;9-10,12H,5-8H2,1-4H3;2*10H,4-9H2,1-3H3;2*9H,5-8H2,1-4H3;2*4-8H2,1-3H3;2*1-2H3. The highest BCUT2D eigenvalue weighted by molar-refractivity contribution is 4.85. The fourth-order valence-corrected chi connectivity index (χ4v) is 15.2. The van der Waals surface area contributed by atoms with E-state index in [1.807, 2.05) is 27.7 Å². The molecule has 5 saturated heterocycles. The van der Waals surface area contributed by atoms with Gasteiger partial charge in [-0.25, -0.2) is 0 Å². The Morgan fingerprint density at radius 2 is 0.489 bits per heavy atom. The van der Waals surface area contributed by atoms with Crippen LogP contribution in [-0.4, -0.2) is 131 Å². The van der Waals surface area contributed by atoms with Crippen molar-refractivity contribution in [1.29, 1.82) is 0 Å². The summed E-state index contributed by atoms with van der Waals surface area (Å²) in [5.41, 5.74) is 3.52. The molecule has 556 valence electrons. The number of hydrogen-bond acceptors (Lipinski definition) is 6. The van der Waals surface area contributed by atoms with Gasteiger partial charge in [0.25, 0.3) is 0 Å². The smallest absolute Gasteiger partial charge is 0.0125 e. The second-order valence-electron chi connectivity index (χ2n) is 39.5. The van der Waals surface area contributed by atoms with Crippen molar-refractivity contribution in [3.8, 4) is 0 Å². The van der Waals surface area contributed by atoms with Crippen LogP contribution in [0.15, 0.2) is 0 Å². The molecule has 5 aliphatic heterocycles. The van der Waals surface area contributed by atoms with Crippen molar-refractivity contribution in [2.24, 2.45) is 51.8 Å². The summed E-state index contributed by atoms with van der Waals surface area (Å²) in [5, 5.41) is 3.68. The largest absolute Gasteiger partial charge is 0.309 e. The molecule has 5 heterocycles. The Kier molecular flexibility index (Phi) is 48.7. The number of rotatable bonds is 4. The normalized spacial score (nSPS) is 23.3. The zero-order valence-electron chi connectivity index (χ0n) is 70.4. The molecular formula is C86H182N6. The van der Waals surface area contributed by atoms with Crippen LogP contribution in [0.5, 0.6) is 0 Å². The molecule has 0 spiro atoms. The Morgan fingerprint density at radius 1 is 0.261 bits per heavy atom. The summed E-state index contributed by atoms with van der Waals surface area (Å²) in [6.45, 7) is 83.8. The van der Waals surface area contributed by atoms with Gasteiger partial charge < -0.3 is 10.2 Å². The van der Waals surface area contributed by atoms with Gasteiger partial charge in [-0.15, -0.1) is 0 Å². The van der Waals surface area contributed by atoms with Crippen molar-refractivity contribution in [2.75, 3.05) is 72.5 Å². The van der Waals surface area contributed by atoms with Gasteiger partial charge in [0.1, 0.15) is 0 Å². The summed E-state index contributed by atoms with van der Waals surface area (Å²) in [6.07, 6.45) is 41.6. The van der Waals surface area contributed by atoms with Gasteiger partial charge in [0.05, 0.1) is 0 Å². The summed E-state index contributed by atoms with van der Waals surface area (Å²) in [4.78, 5) is 12.8. The lowest BCUT2D eigenvalue weighted by Crippen LogP contribution is -2.45. The predicted molar refractivity (Wildman–Crippen MR) is 422 cm³/mol. The monoisotopic (exact) mass is 1300 g/mol. The Labute approximate surface area is 585 Å². The van der Waals surface area contributed by atoms with Crippen LogP contribution in [0.4, 0.5) is 0 Å². The molecule has 0 aromatic carbocycles. The fraction of sp³-hybridized carbons (Fsp3) is 1.00. The van der Waals surface area contributed by atoms with Gasteiger partial charge in [-0.1, -0.05) is 188 Å². The molecule has 8 aliphatic rings. The molecule has 3 saturated carbocycles. The lowest BCUT2D eigenvalue weighted by atomic mass is 9.78. The average molecular weight is 1300 g/mol. The van der Waals surface area contributed by atoms with Crippen LogP contribution in [0.2, 0.25) is 0 Å². The van der Waals surface area contributed by atoms with Crippen LogP contribution >= 0.6 is 0 Å². The van der Waals surface area contributed by atoms with Gasteiger partial charge in [0.15, 0.2) is 0 Å². The SMILES string of the molecule is CC.CC.CC(C)(C)CC1CCCCC1.CC(C)(C)CC1CCCCC1.CC(C)(C)N1CCCCC1.CC(C)(C)N1CCCCC1.CC1CCC(NC(C)(C)C)CC1.CC1CCN(C(C)(C)C)CC1.CC1CCN(C(C)(C)C)CC1.CN1CCC(CC(C)(C)C)CC1. The van der Waals surface area contributed by atoms with Gasteiger partial charge in [-0.05, 0) is 337 Å². The summed E-state index contributed by atoms with van der Waals surface area (Å²) < 4.78 is 0. The number of hydrogen-bond donors (Lipinski definition) is 1. The van der Waals surface area contributed by atoms with E-state index < -0.39 is 0 Å². The number of nitrogens with one attached hydrogen (secondary N) is 1. The van der Waals surface area contributed by atoms with Crippen LogP contribution in [0.1, 0.15) is 401 Å². The van der Waals surface area contributed by atoms with Crippen molar-refractivity contribution in [3.63, 3.8) is 0 Å². The van der Waals surface area contributed by atoms with E-state index >= 15 is 0 Å². The van der Waals surface area contributed by atoms with E-state index in [1.165, 1.54) is 252 Å². The van der Waals surface area contributed by atoms with Crippen molar-refractivity contribution in [2.45, 2.75) is 435 Å². The molecule has 0 atom stereocenters. The van der Waals surface area contributed by atoms with Crippen molar-refractivity contribution < 1.29 is 0 Å². The molecule has 8 fully saturated rings. The van der Waals surface area contributed by atoms with E-state index in [-0.39, 0.29) is 0 Å². The van der Waals surface area contributed by atoms with Gasteiger partial charge in [0.2, 0.25) is 0 Å². The first-order valence-electron chi connectivity index (χ1n) is 40.8. The maximum Gasteiger partial charge on any atom is 0.0125 e. The first-order chi connectivity index (χ1) is 42.3. The third kappa shape index (κ3) is 52.8. The first-order valence-corrected chi connectivity index (χ1v) is 40.8. The fourth-order valence-electron chi connectivity index (χ4n) is 15.2. The molecule has 0 aromatic heterocycles. The first kappa shape index (κ1) is 93.8. The molecular weight excluding hydrogens is 1120 g/mol. The maximum atomic E-state index is 3.68. The molecule has 0 unspecified atom stereocenters. The van der Waals surface area contributed by atoms with Gasteiger partial charge in [0, 0.05) is 33.7 Å². The molecule has 6 heteroatoms. The predicted octanol–water partition coefficient (Wildman–Crippen LogP) is 25.4. The third-order valence-electron chi connectivity index (χ3n) is 20.7. The molecule has 8 rings (SSSR count). The summed E-state index contributed by atoms with van der Waals surface area (Å²) in [7, 11) is 2.23. The molecule has 0 aromatic rings. The van der Waals surface area contributed by atoms with Crippen molar-refractivity contribution >= 4 is 0 Å². The Balaban J connectivity index is 0. The molecule has 92 heavy (non-hydrogen) atoms. The van der Waals surface area contributed by atoms with Crippen molar-refractivity contribution in [3.05, 3.63) is 0 Å². The molecule has 3 aliphatic carbocycles. The molecule has 0 bridgehead atoms. The Hall–Kier alpha value is -0.240. The van der Waals surface area contributed by atoms with Gasteiger partial charge in [-0.3, -0.25) is 19.6 Å². The molecule has 0 radical (unpaired) electrons. The summed E-state index contributed by atoms with van der Waals surface area (Å²) in [5.74, 6) is 5.94. The topological polar surface area (TPSA) is 28.2 Å². The van der Waals surface area contributed by atoms with Gasteiger partial charge in [-0.2, -0.15) is 0 Å². The zero-order valence-corrected chi connectivity index (χ0v) is 70.4. The average Bonchev–Trinajstić information content (AvgIpc) is 1.33. The second kappa shape index (κ2) is 47.7. The number of piperidine rings is 5. The highest BCUT2D eigenvalue weighted by Gasteiger charge is 2.29. The lowest BCUT2D eigenvalue weighted by molar-refractivity contribution is 0.0915. The quantitative estimate of drug-likeness (QED) is 0.302. The highest BCUT2D eigenvalue weighted by Crippen LogP contribution is 2.36. The number of likely N-dealkylation sites (tertiary alicyclic amines) is 5. The minimum atomic E-state index is 0.297. The van der Waals surface area contributed by atoms with Crippen molar-refractivity contribution in [1.82, 2.24) is 29.8 Å². The summed E-state index contributed by atoms with van der Waals surface area (Å²) >= 11 is 0. The van der Waals surface area contributed by atoms with E-state index in [0.717, 1.165) is 41.5 Å². The van der Waals surface area contributed by atoms with E-state index in [4.69, 9.17) is 0 Å². The Bertz CT molecular complexity index is 1500. The van der Waals surface area contributed by atoms with Crippen LogP contribution in [0.25, 0.3) is 0 Å². The van der Waals surface area contributed by atoms with Crippen LogP contribution in [-0.2, 0) is 0 Å². The van der Waals surface area contributed by atoms with E-state index in [2.05, 4.69) is 224 Å². The molecule has 0 amide bonds. The zero-order chi connectivity index (χ0) is 71.2. The van der Waals surface area contributed by atoms with Crippen LogP contribution in [0, 0.1) is 51.8 Å². The second-order valence-corrected chi connectivity index (χ2v) is 39.5. The number of nitrogens with zero attached hydrogens (tertiary/aromatic N) is 5. The van der Waals surface area contributed by atoms with Gasteiger partial charge >= 0.3 is 0 Å².